The molecule has 2 saturated heterocycles. The number of carbonyl (C=O) groups is 2. The lowest BCUT2D eigenvalue weighted by Crippen LogP contribution is -2.47. The van der Waals surface area contributed by atoms with E-state index in [1.807, 2.05) is 28.0 Å². The van der Waals surface area contributed by atoms with Crippen molar-refractivity contribution in [3.05, 3.63) is 29.8 Å². The van der Waals surface area contributed by atoms with Crippen molar-refractivity contribution in [3.63, 3.8) is 0 Å². The largest absolute Gasteiger partial charge is 0.483 e. The highest BCUT2D eigenvalue weighted by molar-refractivity contribution is 5.97. The van der Waals surface area contributed by atoms with Crippen LogP contribution in [-0.4, -0.2) is 53.4 Å². The molecule has 0 aliphatic carbocycles. The lowest BCUT2D eigenvalue weighted by molar-refractivity contribution is -0.133. The topological polar surface area (TPSA) is 49.9 Å². The Kier molecular flexibility index (Phi) is 6.75. The monoisotopic (exact) mass is 372 g/mol. The second-order valence-corrected chi connectivity index (χ2v) is 7.92. The van der Waals surface area contributed by atoms with Crippen LogP contribution in [0.5, 0.6) is 5.75 Å². The van der Waals surface area contributed by atoms with E-state index in [2.05, 4.69) is 13.8 Å². The Bertz CT molecular complexity index is 643. The van der Waals surface area contributed by atoms with Gasteiger partial charge in [-0.2, -0.15) is 0 Å². The Morgan fingerprint density at radius 2 is 1.59 bits per heavy atom. The zero-order valence-electron chi connectivity index (χ0n) is 16.7. The van der Waals surface area contributed by atoms with Gasteiger partial charge in [0.15, 0.2) is 6.61 Å². The van der Waals surface area contributed by atoms with Gasteiger partial charge in [-0.15, -0.1) is 0 Å². The summed E-state index contributed by atoms with van der Waals surface area (Å²) in [6, 6.07) is 7.77. The van der Waals surface area contributed by atoms with Gasteiger partial charge in [0.25, 0.3) is 11.8 Å². The quantitative estimate of drug-likeness (QED) is 0.806. The average molecular weight is 373 g/mol. The fourth-order valence-electron chi connectivity index (χ4n) is 4.28. The van der Waals surface area contributed by atoms with E-state index in [4.69, 9.17) is 4.74 Å². The molecule has 2 unspecified atom stereocenters. The maximum absolute atomic E-state index is 13.2. The van der Waals surface area contributed by atoms with Crippen molar-refractivity contribution in [1.29, 1.82) is 0 Å². The normalized spacial score (nSPS) is 23.6. The number of carbonyl (C=O) groups excluding carboxylic acids is 2. The smallest absolute Gasteiger partial charge is 0.260 e. The van der Waals surface area contributed by atoms with Crippen LogP contribution in [0.2, 0.25) is 0 Å². The van der Waals surface area contributed by atoms with Crippen molar-refractivity contribution in [1.82, 2.24) is 9.80 Å². The van der Waals surface area contributed by atoms with Crippen LogP contribution in [-0.2, 0) is 4.79 Å². The fourth-order valence-corrected chi connectivity index (χ4v) is 4.28. The molecule has 2 heterocycles. The van der Waals surface area contributed by atoms with Gasteiger partial charge in [0, 0.05) is 25.2 Å². The van der Waals surface area contributed by atoms with E-state index in [9.17, 15) is 9.59 Å². The molecule has 0 spiro atoms. The summed E-state index contributed by atoms with van der Waals surface area (Å²) >= 11 is 0. The number of hydrogen-bond donors (Lipinski definition) is 0. The highest BCUT2D eigenvalue weighted by atomic mass is 16.5. The van der Waals surface area contributed by atoms with Crippen molar-refractivity contribution in [2.45, 2.75) is 70.9 Å². The Morgan fingerprint density at radius 3 is 2.26 bits per heavy atom. The molecule has 0 N–H and O–H groups in total. The number of benzene rings is 1. The molecule has 5 heteroatoms. The number of piperidine rings is 1. The fraction of sp³-hybridized carbons (Fsp3) is 0.636. The van der Waals surface area contributed by atoms with E-state index in [0.29, 0.717) is 11.3 Å². The maximum atomic E-state index is 13.2. The minimum absolute atomic E-state index is 0.00456. The summed E-state index contributed by atoms with van der Waals surface area (Å²) in [5.41, 5.74) is 0.557. The molecular formula is C22H32N2O3. The minimum Gasteiger partial charge on any atom is -0.483 e. The molecule has 2 atom stereocenters. The first-order valence-electron chi connectivity index (χ1n) is 10.4. The molecule has 0 saturated carbocycles. The zero-order valence-corrected chi connectivity index (χ0v) is 16.7. The third kappa shape index (κ3) is 4.82. The van der Waals surface area contributed by atoms with Crippen LogP contribution in [0.25, 0.3) is 0 Å². The molecule has 2 aliphatic rings. The van der Waals surface area contributed by atoms with Gasteiger partial charge in [0.05, 0.1) is 5.56 Å². The highest BCUT2D eigenvalue weighted by Crippen LogP contribution is 2.28. The Hall–Kier alpha value is -2.04. The minimum atomic E-state index is -0.00456. The van der Waals surface area contributed by atoms with Crippen LogP contribution in [0.3, 0.4) is 0 Å². The van der Waals surface area contributed by atoms with E-state index in [-0.39, 0.29) is 30.5 Å². The van der Waals surface area contributed by atoms with Gasteiger partial charge < -0.3 is 14.5 Å². The third-order valence-corrected chi connectivity index (χ3v) is 5.86. The van der Waals surface area contributed by atoms with Crippen LogP contribution in [0.4, 0.5) is 0 Å². The molecular weight excluding hydrogens is 340 g/mol. The molecule has 2 amide bonds. The maximum Gasteiger partial charge on any atom is 0.260 e. The number of amides is 2. The third-order valence-electron chi connectivity index (χ3n) is 5.86. The molecule has 0 bridgehead atoms. The van der Waals surface area contributed by atoms with Gasteiger partial charge in [-0.3, -0.25) is 9.59 Å². The van der Waals surface area contributed by atoms with Gasteiger partial charge in [-0.25, -0.2) is 0 Å². The molecule has 0 aromatic heterocycles. The van der Waals surface area contributed by atoms with Crippen LogP contribution in [0.15, 0.2) is 24.3 Å². The van der Waals surface area contributed by atoms with Crippen molar-refractivity contribution < 1.29 is 14.3 Å². The number of ether oxygens (including phenoxy) is 1. The summed E-state index contributed by atoms with van der Waals surface area (Å²) in [7, 11) is 0. The Balaban J connectivity index is 1.68. The Labute approximate surface area is 162 Å². The molecule has 3 rings (SSSR count). The van der Waals surface area contributed by atoms with E-state index in [1.165, 1.54) is 12.8 Å². The number of para-hydroxylation sites is 1. The van der Waals surface area contributed by atoms with Gasteiger partial charge in [0.2, 0.25) is 0 Å². The summed E-state index contributed by atoms with van der Waals surface area (Å²) in [6.07, 6.45) is 7.73. The number of hydrogen-bond acceptors (Lipinski definition) is 3. The molecule has 0 radical (unpaired) electrons. The van der Waals surface area contributed by atoms with Crippen LogP contribution >= 0.6 is 0 Å². The number of nitrogens with zero attached hydrogens (tertiary/aromatic N) is 2. The van der Waals surface area contributed by atoms with Crippen LogP contribution in [0, 0.1) is 0 Å². The zero-order chi connectivity index (χ0) is 19.2. The lowest BCUT2D eigenvalue weighted by atomic mass is 9.96. The lowest BCUT2D eigenvalue weighted by Gasteiger charge is -2.39. The first-order valence-corrected chi connectivity index (χ1v) is 10.4. The van der Waals surface area contributed by atoms with Crippen molar-refractivity contribution in [2.75, 3.05) is 19.7 Å². The molecule has 2 fully saturated rings. The summed E-state index contributed by atoms with van der Waals surface area (Å²) in [5.74, 6) is 0.530. The standard InChI is InChI=1S/C22H32N2O3/c1-17-10-9-11-18(2)24(17)22(26)19-12-5-6-13-20(19)27-16-21(25)23-14-7-3-4-8-15-23/h5-6,12-13,17-18H,3-4,7-11,14-16H2,1-2H3. The summed E-state index contributed by atoms with van der Waals surface area (Å²) in [5, 5.41) is 0. The predicted octanol–water partition coefficient (Wildman–Crippen LogP) is 3.87. The van der Waals surface area contributed by atoms with Gasteiger partial charge in [0.1, 0.15) is 5.75 Å². The van der Waals surface area contributed by atoms with E-state index < -0.39 is 0 Å². The number of rotatable bonds is 4. The van der Waals surface area contributed by atoms with E-state index in [1.54, 1.807) is 6.07 Å². The van der Waals surface area contributed by atoms with Crippen LogP contribution in [0.1, 0.15) is 69.2 Å². The molecule has 2 aliphatic heterocycles. The molecule has 1 aromatic carbocycles. The van der Waals surface area contributed by atoms with Crippen molar-refractivity contribution in [3.8, 4) is 5.75 Å². The van der Waals surface area contributed by atoms with Crippen LogP contribution < -0.4 is 4.74 Å². The van der Waals surface area contributed by atoms with Crippen molar-refractivity contribution in [2.24, 2.45) is 0 Å². The van der Waals surface area contributed by atoms with Gasteiger partial charge in [-0.1, -0.05) is 25.0 Å². The summed E-state index contributed by atoms with van der Waals surface area (Å²) in [6.45, 7) is 5.84. The first kappa shape index (κ1) is 19.7. The summed E-state index contributed by atoms with van der Waals surface area (Å²) in [4.78, 5) is 29.6. The van der Waals surface area contributed by atoms with E-state index >= 15 is 0 Å². The molecule has 1 aromatic rings. The SMILES string of the molecule is CC1CCCC(C)N1C(=O)c1ccccc1OCC(=O)N1CCCCCC1. The van der Waals surface area contributed by atoms with Gasteiger partial charge in [-0.05, 0) is 58.1 Å². The average Bonchev–Trinajstić information content (AvgIpc) is 2.95. The predicted molar refractivity (Wildman–Crippen MR) is 106 cm³/mol. The second-order valence-electron chi connectivity index (χ2n) is 7.92. The first-order chi connectivity index (χ1) is 13.1. The molecule has 27 heavy (non-hydrogen) atoms. The van der Waals surface area contributed by atoms with Crippen molar-refractivity contribution >= 4 is 11.8 Å². The second kappa shape index (κ2) is 9.25. The highest BCUT2D eigenvalue weighted by Gasteiger charge is 2.31. The molecule has 148 valence electrons. The molecule has 5 nitrogen and oxygen atoms in total. The van der Waals surface area contributed by atoms with Gasteiger partial charge >= 0.3 is 0 Å². The van der Waals surface area contributed by atoms with E-state index in [0.717, 1.165) is 45.2 Å². The number of likely N-dealkylation sites (tertiary alicyclic amines) is 2. The summed E-state index contributed by atoms with van der Waals surface area (Å²) < 4.78 is 5.84. The Morgan fingerprint density at radius 1 is 0.963 bits per heavy atom.